The Bertz CT molecular complexity index is 838. The van der Waals surface area contributed by atoms with Crippen molar-refractivity contribution in [1.29, 1.82) is 0 Å². The quantitative estimate of drug-likeness (QED) is 0.496. The predicted molar refractivity (Wildman–Crippen MR) is 91.9 cm³/mol. The third kappa shape index (κ3) is 3.24. The fourth-order valence-corrected chi connectivity index (χ4v) is 3.32. The fourth-order valence-electron chi connectivity index (χ4n) is 2.68. The molecule has 0 aliphatic rings. The summed E-state index contributed by atoms with van der Waals surface area (Å²) >= 11 is 1.55. The summed E-state index contributed by atoms with van der Waals surface area (Å²) in [5.41, 5.74) is 5.03. The van der Waals surface area contributed by atoms with Crippen molar-refractivity contribution in [2.45, 2.75) is 25.8 Å². The minimum absolute atomic E-state index is 0.0727. The Kier molecular flexibility index (Phi) is 4.38. The Hall–Kier alpha value is -2.28. The molecule has 0 fully saturated rings. The Morgan fingerprint density at radius 3 is 2.87 bits per heavy atom. The van der Waals surface area contributed by atoms with Gasteiger partial charge in [-0.15, -0.1) is 16.9 Å². The molecule has 0 aliphatic carbocycles. The highest BCUT2D eigenvalue weighted by molar-refractivity contribution is 7.99. The number of aryl methyl sites for hydroxylation is 3. The van der Waals surface area contributed by atoms with Gasteiger partial charge in [-0.05, 0) is 38.0 Å². The average Bonchev–Trinajstić information content (AvgIpc) is 3.13. The van der Waals surface area contributed by atoms with Crippen LogP contribution in [-0.2, 0) is 0 Å². The fraction of sp³-hybridized carbons (Fsp3) is 0.312. The maximum Gasteiger partial charge on any atom is 0.268 e. The smallest absolute Gasteiger partial charge is 0.268 e. The Labute approximate surface area is 138 Å². The van der Waals surface area contributed by atoms with E-state index in [1.807, 2.05) is 6.92 Å². The van der Waals surface area contributed by atoms with Crippen LogP contribution in [0.3, 0.4) is 0 Å². The molecule has 0 aliphatic heterocycles. The van der Waals surface area contributed by atoms with E-state index in [-0.39, 0.29) is 5.91 Å². The van der Waals surface area contributed by atoms with Crippen LogP contribution in [0.5, 0.6) is 0 Å². The van der Waals surface area contributed by atoms with E-state index < -0.39 is 0 Å². The number of carbonyl (C=O) groups excluding carboxylic acids is 1. The summed E-state index contributed by atoms with van der Waals surface area (Å²) in [6.45, 7) is 6.68. The zero-order valence-corrected chi connectivity index (χ0v) is 14.2. The first kappa shape index (κ1) is 15.6. The summed E-state index contributed by atoms with van der Waals surface area (Å²) in [6.07, 6.45) is 1.67. The Morgan fingerprint density at radius 1 is 1.30 bits per heavy atom. The number of amides is 1. The van der Waals surface area contributed by atoms with Gasteiger partial charge in [-0.3, -0.25) is 4.79 Å². The van der Waals surface area contributed by atoms with E-state index in [9.17, 15) is 4.79 Å². The molecule has 0 bridgehead atoms. The van der Waals surface area contributed by atoms with Gasteiger partial charge < -0.3 is 10.3 Å². The van der Waals surface area contributed by atoms with E-state index in [0.29, 0.717) is 12.2 Å². The van der Waals surface area contributed by atoms with Gasteiger partial charge in [-0.25, -0.2) is 0 Å². The molecule has 0 radical (unpaired) electrons. The first-order chi connectivity index (χ1) is 11.1. The normalized spacial score (nSPS) is 11.1. The average molecular weight is 329 g/mol. The number of carbonyl (C=O) groups is 1. The lowest BCUT2D eigenvalue weighted by atomic mass is 10.1. The number of aromatic nitrogens is 4. The minimum Gasteiger partial charge on any atom is -0.350 e. The number of benzene rings is 1. The number of hydrogen-bond donors (Lipinski definition) is 3. The van der Waals surface area contributed by atoms with E-state index >= 15 is 0 Å². The number of rotatable bonds is 5. The van der Waals surface area contributed by atoms with Crippen molar-refractivity contribution in [1.82, 2.24) is 25.7 Å². The van der Waals surface area contributed by atoms with Gasteiger partial charge in [-0.1, -0.05) is 11.6 Å². The number of hydrogen-bond acceptors (Lipinski definition) is 4. The van der Waals surface area contributed by atoms with Gasteiger partial charge in [0, 0.05) is 23.2 Å². The van der Waals surface area contributed by atoms with Gasteiger partial charge in [0.25, 0.3) is 5.91 Å². The summed E-state index contributed by atoms with van der Waals surface area (Å²) < 4.78 is 0. The van der Waals surface area contributed by atoms with Crippen molar-refractivity contribution in [3.05, 3.63) is 40.7 Å². The molecule has 7 heteroatoms. The van der Waals surface area contributed by atoms with Crippen molar-refractivity contribution in [2.24, 2.45) is 0 Å². The summed E-state index contributed by atoms with van der Waals surface area (Å²) in [6, 6.07) is 4.24. The highest BCUT2D eigenvalue weighted by atomic mass is 32.2. The van der Waals surface area contributed by atoms with Gasteiger partial charge in [0.15, 0.2) is 0 Å². The van der Waals surface area contributed by atoms with Crippen LogP contribution in [0, 0.1) is 20.8 Å². The summed E-state index contributed by atoms with van der Waals surface area (Å²) in [7, 11) is 0. The highest BCUT2D eigenvalue weighted by Gasteiger charge is 2.15. The van der Waals surface area contributed by atoms with Crippen LogP contribution in [0.2, 0.25) is 0 Å². The highest BCUT2D eigenvalue weighted by Crippen LogP contribution is 2.25. The molecule has 0 saturated heterocycles. The lowest BCUT2D eigenvalue weighted by molar-refractivity contribution is 0.0951. The van der Waals surface area contributed by atoms with Gasteiger partial charge >= 0.3 is 0 Å². The van der Waals surface area contributed by atoms with Crippen molar-refractivity contribution < 1.29 is 4.79 Å². The molecular weight excluding hydrogens is 310 g/mol. The van der Waals surface area contributed by atoms with Crippen LogP contribution in [0.25, 0.3) is 10.9 Å². The molecule has 0 atom stereocenters. The van der Waals surface area contributed by atoms with Crippen LogP contribution in [0.1, 0.15) is 27.2 Å². The lowest BCUT2D eigenvalue weighted by Gasteiger charge is -2.03. The second-order valence-corrected chi connectivity index (χ2v) is 6.66. The number of thioether (sulfide) groups is 1. The Morgan fingerprint density at radius 2 is 2.13 bits per heavy atom. The molecule has 1 aromatic carbocycles. The van der Waals surface area contributed by atoms with Gasteiger partial charge in [-0.2, -0.15) is 10.3 Å². The molecule has 120 valence electrons. The van der Waals surface area contributed by atoms with Gasteiger partial charge in [0.2, 0.25) is 0 Å². The first-order valence-electron chi connectivity index (χ1n) is 7.42. The number of nitrogens with zero attached hydrogens (tertiary/aromatic N) is 2. The second kappa shape index (κ2) is 6.45. The van der Waals surface area contributed by atoms with Crippen LogP contribution >= 0.6 is 11.8 Å². The molecule has 23 heavy (non-hydrogen) atoms. The number of aromatic amines is 2. The van der Waals surface area contributed by atoms with Crippen LogP contribution in [-0.4, -0.2) is 38.6 Å². The molecule has 0 unspecified atom stereocenters. The SMILES string of the molecule is Cc1cc(C)c2[nH]c(C(=O)NCCSc3cn[nH]n3)c(C)c2c1. The van der Waals surface area contributed by atoms with Crippen LogP contribution in [0.4, 0.5) is 0 Å². The van der Waals surface area contributed by atoms with E-state index in [1.165, 1.54) is 5.56 Å². The van der Waals surface area contributed by atoms with Crippen LogP contribution < -0.4 is 5.32 Å². The topological polar surface area (TPSA) is 86.5 Å². The summed E-state index contributed by atoms with van der Waals surface area (Å²) in [5, 5.41) is 15.2. The maximum absolute atomic E-state index is 12.4. The first-order valence-corrected chi connectivity index (χ1v) is 8.41. The molecule has 3 rings (SSSR count). The summed E-state index contributed by atoms with van der Waals surface area (Å²) in [5.74, 6) is 0.673. The third-order valence-corrected chi connectivity index (χ3v) is 4.67. The van der Waals surface area contributed by atoms with Crippen molar-refractivity contribution in [3.63, 3.8) is 0 Å². The van der Waals surface area contributed by atoms with Crippen molar-refractivity contribution in [2.75, 3.05) is 12.3 Å². The predicted octanol–water partition coefficient (Wildman–Crippen LogP) is 2.73. The Balaban J connectivity index is 1.68. The monoisotopic (exact) mass is 329 g/mol. The third-order valence-electron chi connectivity index (χ3n) is 3.77. The lowest BCUT2D eigenvalue weighted by Crippen LogP contribution is -2.26. The molecular formula is C16H19N5OS. The van der Waals surface area contributed by atoms with E-state index in [2.05, 4.69) is 51.7 Å². The molecule has 6 nitrogen and oxygen atoms in total. The van der Waals surface area contributed by atoms with Crippen molar-refractivity contribution in [3.8, 4) is 0 Å². The number of H-pyrrole nitrogens is 2. The molecule has 3 aromatic rings. The van der Waals surface area contributed by atoms with E-state index in [4.69, 9.17) is 0 Å². The van der Waals surface area contributed by atoms with Crippen LogP contribution in [0.15, 0.2) is 23.4 Å². The zero-order chi connectivity index (χ0) is 16.4. The maximum atomic E-state index is 12.4. The van der Waals surface area contributed by atoms with Gasteiger partial charge in [0.05, 0.1) is 6.20 Å². The standard InChI is InChI=1S/C16H19N5OS/c1-9-6-10(2)14-12(7-9)11(3)15(19-14)16(22)17-4-5-23-13-8-18-21-20-13/h6-8,19H,4-5H2,1-3H3,(H,17,22)(H,18,20,21). The molecule has 2 aromatic heterocycles. The van der Waals surface area contributed by atoms with Gasteiger partial charge in [0.1, 0.15) is 10.7 Å². The van der Waals surface area contributed by atoms with E-state index in [0.717, 1.165) is 32.8 Å². The number of nitrogens with one attached hydrogen (secondary N) is 3. The largest absolute Gasteiger partial charge is 0.350 e. The van der Waals surface area contributed by atoms with Crippen molar-refractivity contribution >= 4 is 28.6 Å². The second-order valence-electron chi connectivity index (χ2n) is 5.54. The number of fused-ring (bicyclic) bond motifs is 1. The van der Waals surface area contributed by atoms with E-state index in [1.54, 1.807) is 18.0 Å². The minimum atomic E-state index is -0.0727. The molecule has 0 saturated carbocycles. The molecule has 2 heterocycles. The molecule has 0 spiro atoms. The molecule has 1 amide bonds. The molecule has 3 N–H and O–H groups in total. The zero-order valence-electron chi connectivity index (χ0n) is 13.4. The summed E-state index contributed by atoms with van der Waals surface area (Å²) in [4.78, 5) is 15.7.